The van der Waals surface area contributed by atoms with Crippen LogP contribution in [-0.4, -0.2) is 50.7 Å². The molecule has 0 aromatic heterocycles. The summed E-state index contributed by atoms with van der Waals surface area (Å²) in [4.78, 5) is 36.8. The van der Waals surface area contributed by atoms with Gasteiger partial charge < -0.3 is 24.8 Å². The van der Waals surface area contributed by atoms with Gasteiger partial charge in [-0.05, 0) is 37.3 Å². The Kier molecular flexibility index (Phi) is 8.50. The van der Waals surface area contributed by atoms with Crippen molar-refractivity contribution in [3.05, 3.63) is 23.8 Å². The van der Waals surface area contributed by atoms with Crippen LogP contribution in [-0.2, 0) is 14.3 Å². The van der Waals surface area contributed by atoms with Crippen molar-refractivity contribution in [2.45, 2.75) is 52.2 Å². The first-order valence-electron chi connectivity index (χ1n) is 10.3. The lowest BCUT2D eigenvalue weighted by Gasteiger charge is -2.35. The van der Waals surface area contributed by atoms with Crippen LogP contribution in [0.5, 0.6) is 11.5 Å². The van der Waals surface area contributed by atoms with E-state index in [2.05, 4.69) is 24.5 Å². The monoisotopic (exact) mass is 420 g/mol. The molecule has 0 saturated heterocycles. The van der Waals surface area contributed by atoms with E-state index in [-0.39, 0.29) is 24.1 Å². The molecule has 1 aliphatic carbocycles. The first-order valence-corrected chi connectivity index (χ1v) is 10.3. The first kappa shape index (κ1) is 23.5. The molecule has 30 heavy (non-hydrogen) atoms. The number of hydrogen-bond acceptors (Lipinski definition) is 6. The average Bonchev–Trinajstić information content (AvgIpc) is 2.74. The maximum Gasteiger partial charge on any atom is 0.326 e. The molecule has 1 aromatic carbocycles. The molecule has 0 radical (unpaired) electrons. The number of benzene rings is 1. The third-order valence-corrected chi connectivity index (χ3v) is 5.72. The smallest absolute Gasteiger partial charge is 0.326 e. The third-order valence-electron chi connectivity index (χ3n) is 5.72. The Balaban J connectivity index is 1.83. The van der Waals surface area contributed by atoms with Crippen molar-refractivity contribution in [3.63, 3.8) is 0 Å². The summed E-state index contributed by atoms with van der Waals surface area (Å²) in [7, 11) is 2.96. The van der Waals surface area contributed by atoms with Crippen LogP contribution in [0.25, 0.3) is 0 Å². The molecule has 1 aromatic rings. The van der Waals surface area contributed by atoms with Crippen molar-refractivity contribution in [1.29, 1.82) is 0 Å². The number of rotatable bonds is 8. The maximum absolute atomic E-state index is 12.4. The number of amides is 2. The van der Waals surface area contributed by atoms with E-state index in [1.807, 2.05) is 0 Å². The molecule has 0 unspecified atom stereocenters. The van der Waals surface area contributed by atoms with Crippen LogP contribution >= 0.6 is 0 Å². The van der Waals surface area contributed by atoms with Crippen molar-refractivity contribution in [1.82, 2.24) is 10.6 Å². The number of nitrogens with one attached hydrogen (secondary N) is 2. The topological polar surface area (TPSA) is 103 Å². The van der Waals surface area contributed by atoms with E-state index >= 15 is 0 Å². The zero-order valence-electron chi connectivity index (χ0n) is 18.3. The fourth-order valence-corrected chi connectivity index (χ4v) is 3.57. The molecular formula is C22H32N2O6. The van der Waals surface area contributed by atoms with Crippen LogP contribution in [0, 0.1) is 11.8 Å². The summed E-state index contributed by atoms with van der Waals surface area (Å²) in [5, 5.41) is 5.47. The van der Waals surface area contributed by atoms with E-state index in [0.717, 1.165) is 19.3 Å². The van der Waals surface area contributed by atoms with Crippen molar-refractivity contribution < 1.29 is 28.6 Å². The van der Waals surface area contributed by atoms with Gasteiger partial charge in [0.15, 0.2) is 6.10 Å². The predicted molar refractivity (Wildman–Crippen MR) is 112 cm³/mol. The van der Waals surface area contributed by atoms with E-state index < -0.39 is 18.0 Å². The van der Waals surface area contributed by atoms with Crippen LogP contribution < -0.4 is 20.1 Å². The molecule has 0 heterocycles. The van der Waals surface area contributed by atoms with Gasteiger partial charge in [-0.25, -0.2) is 0 Å². The Morgan fingerprint density at radius 1 is 1.07 bits per heavy atom. The molecule has 166 valence electrons. The molecule has 0 aliphatic heterocycles. The number of esters is 1. The zero-order valence-corrected chi connectivity index (χ0v) is 18.3. The Bertz CT molecular complexity index is 744. The van der Waals surface area contributed by atoms with E-state index in [9.17, 15) is 14.4 Å². The fourth-order valence-electron chi connectivity index (χ4n) is 3.57. The van der Waals surface area contributed by atoms with Gasteiger partial charge in [0.1, 0.15) is 18.0 Å². The second-order valence-electron chi connectivity index (χ2n) is 7.80. The molecule has 0 spiro atoms. The Labute approximate surface area is 177 Å². The van der Waals surface area contributed by atoms with Gasteiger partial charge in [0.05, 0.1) is 14.2 Å². The van der Waals surface area contributed by atoms with Gasteiger partial charge in [-0.15, -0.1) is 0 Å². The van der Waals surface area contributed by atoms with Gasteiger partial charge in [-0.2, -0.15) is 0 Å². The first-order chi connectivity index (χ1) is 14.2. The van der Waals surface area contributed by atoms with Crippen LogP contribution in [0.15, 0.2) is 18.2 Å². The average molecular weight is 421 g/mol. The predicted octanol–water partition coefficient (Wildman–Crippen LogP) is 2.31. The number of carbonyl (C=O) groups is 3. The number of hydrogen-bond donors (Lipinski definition) is 2. The Morgan fingerprint density at radius 2 is 1.70 bits per heavy atom. The van der Waals surface area contributed by atoms with Crippen molar-refractivity contribution in [2.24, 2.45) is 11.8 Å². The molecule has 2 amide bonds. The molecule has 8 heteroatoms. The minimum Gasteiger partial charge on any atom is -0.497 e. The van der Waals surface area contributed by atoms with Crippen molar-refractivity contribution in [3.8, 4) is 11.5 Å². The third kappa shape index (κ3) is 6.37. The second-order valence-corrected chi connectivity index (χ2v) is 7.80. The van der Waals surface area contributed by atoms with Crippen molar-refractivity contribution in [2.75, 3.05) is 20.8 Å². The van der Waals surface area contributed by atoms with E-state index in [0.29, 0.717) is 23.3 Å². The summed E-state index contributed by atoms with van der Waals surface area (Å²) in [6.07, 6.45) is 2.23. The lowest BCUT2D eigenvalue weighted by atomic mass is 9.78. The van der Waals surface area contributed by atoms with E-state index in [4.69, 9.17) is 14.2 Å². The lowest BCUT2D eigenvalue weighted by Crippen LogP contribution is -2.48. The minimum atomic E-state index is -0.934. The summed E-state index contributed by atoms with van der Waals surface area (Å²) >= 11 is 0. The van der Waals surface area contributed by atoms with Crippen LogP contribution in [0.4, 0.5) is 0 Å². The highest BCUT2D eigenvalue weighted by molar-refractivity contribution is 5.97. The van der Waals surface area contributed by atoms with Gasteiger partial charge in [-0.3, -0.25) is 14.4 Å². The van der Waals surface area contributed by atoms with Crippen LogP contribution in [0.1, 0.15) is 50.4 Å². The molecule has 4 atom stereocenters. The second kappa shape index (κ2) is 10.8. The number of carbonyl (C=O) groups excluding carboxylic acids is 3. The Morgan fingerprint density at radius 3 is 2.30 bits per heavy atom. The fraction of sp³-hybridized carbons (Fsp3) is 0.591. The molecule has 1 aliphatic rings. The minimum absolute atomic E-state index is 0.0881. The van der Waals surface area contributed by atoms with Gasteiger partial charge in [0.25, 0.3) is 11.8 Å². The van der Waals surface area contributed by atoms with E-state index in [1.54, 1.807) is 6.07 Å². The molecule has 2 rings (SSSR count). The molecule has 1 fully saturated rings. The molecule has 1 saturated carbocycles. The number of methoxy groups -OCH3 is 2. The summed E-state index contributed by atoms with van der Waals surface area (Å²) < 4.78 is 15.4. The Hall–Kier alpha value is -2.77. The largest absolute Gasteiger partial charge is 0.497 e. The van der Waals surface area contributed by atoms with Crippen molar-refractivity contribution >= 4 is 17.8 Å². The molecular weight excluding hydrogens is 388 g/mol. The standard InChI is InChI=1S/C22H32N2O6/c1-13-7-6-8-19(14(13)2)24-21(26)15(3)30-20(25)12-23-22(27)16-9-17(28-4)11-18(10-16)29-5/h9-11,13-15,19H,6-8,12H2,1-5H3,(H,23,27)(H,24,26)/t13-,14+,15+,19-/m0/s1. The SMILES string of the molecule is COc1cc(OC)cc(C(=O)NCC(=O)O[C@H](C)C(=O)N[C@H]2CCC[C@H](C)[C@H]2C)c1. The highest BCUT2D eigenvalue weighted by Gasteiger charge is 2.30. The molecule has 0 bridgehead atoms. The maximum atomic E-state index is 12.4. The highest BCUT2D eigenvalue weighted by Crippen LogP contribution is 2.29. The van der Waals surface area contributed by atoms with Crippen LogP contribution in [0.3, 0.4) is 0 Å². The van der Waals surface area contributed by atoms with Crippen LogP contribution in [0.2, 0.25) is 0 Å². The number of ether oxygens (including phenoxy) is 3. The highest BCUT2D eigenvalue weighted by atomic mass is 16.5. The summed E-state index contributed by atoms with van der Waals surface area (Å²) in [5.41, 5.74) is 0.283. The van der Waals surface area contributed by atoms with E-state index in [1.165, 1.54) is 33.3 Å². The summed E-state index contributed by atoms with van der Waals surface area (Å²) in [6, 6.07) is 4.79. The molecule has 2 N–H and O–H groups in total. The quantitative estimate of drug-likeness (QED) is 0.626. The molecule has 8 nitrogen and oxygen atoms in total. The zero-order chi connectivity index (χ0) is 22.3. The normalized spacial score (nSPS) is 21.8. The van der Waals surface area contributed by atoms with Gasteiger partial charge in [0.2, 0.25) is 0 Å². The summed E-state index contributed by atoms with van der Waals surface area (Å²) in [5.74, 6) is 0.352. The summed E-state index contributed by atoms with van der Waals surface area (Å²) in [6.45, 7) is 5.49. The lowest BCUT2D eigenvalue weighted by molar-refractivity contribution is -0.154. The van der Waals surface area contributed by atoms with Gasteiger partial charge >= 0.3 is 5.97 Å². The van der Waals surface area contributed by atoms with Gasteiger partial charge in [0, 0.05) is 17.7 Å². The van der Waals surface area contributed by atoms with Gasteiger partial charge in [-0.1, -0.05) is 26.7 Å².